The first-order chi connectivity index (χ1) is 10.4. The van der Waals surface area contributed by atoms with E-state index < -0.39 is 0 Å². The van der Waals surface area contributed by atoms with Gasteiger partial charge < -0.3 is 10.6 Å². The first kappa shape index (κ1) is 16.8. The molecule has 0 radical (unpaired) electrons. The maximum atomic E-state index is 11.8. The van der Waals surface area contributed by atoms with Crippen molar-refractivity contribution >= 4 is 56.5 Å². The van der Waals surface area contributed by atoms with Gasteiger partial charge in [-0.2, -0.15) is 0 Å². The van der Waals surface area contributed by atoms with Gasteiger partial charge in [-0.15, -0.1) is 21.5 Å². The zero-order valence-electron chi connectivity index (χ0n) is 12.2. The first-order valence-electron chi connectivity index (χ1n) is 6.43. The second kappa shape index (κ2) is 7.65. The average Bonchev–Trinajstić information content (AvgIpc) is 3.06. The lowest BCUT2D eigenvalue weighted by Crippen LogP contribution is -2.17. The number of aromatic nitrogens is 3. The van der Waals surface area contributed by atoms with E-state index >= 15 is 0 Å². The summed E-state index contributed by atoms with van der Waals surface area (Å²) >= 11 is 3.90. The van der Waals surface area contributed by atoms with Gasteiger partial charge in [-0.25, -0.2) is 4.98 Å². The Morgan fingerprint density at radius 2 is 2.05 bits per heavy atom. The Morgan fingerprint density at radius 3 is 2.68 bits per heavy atom. The minimum Gasteiger partial charge on any atom is -0.301 e. The predicted molar refractivity (Wildman–Crippen MR) is 89.6 cm³/mol. The number of thioether (sulfide) groups is 1. The van der Waals surface area contributed by atoms with E-state index in [1.807, 2.05) is 12.3 Å². The lowest BCUT2D eigenvalue weighted by molar-refractivity contribution is -0.119. The second-order valence-electron chi connectivity index (χ2n) is 4.65. The van der Waals surface area contributed by atoms with Gasteiger partial charge in [-0.1, -0.05) is 36.9 Å². The molecule has 0 atom stereocenters. The molecule has 0 spiro atoms. The summed E-state index contributed by atoms with van der Waals surface area (Å²) in [4.78, 5) is 27.5. The van der Waals surface area contributed by atoms with Gasteiger partial charge in [-0.05, 0) is 6.92 Å². The minimum atomic E-state index is -0.151. The molecule has 2 aromatic rings. The quantitative estimate of drug-likeness (QED) is 0.609. The van der Waals surface area contributed by atoms with Gasteiger partial charge in [-0.3, -0.25) is 9.59 Å². The van der Waals surface area contributed by atoms with Gasteiger partial charge in [0, 0.05) is 11.3 Å². The Balaban J connectivity index is 1.80. The molecular weight excluding hydrogens is 342 g/mol. The van der Waals surface area contributed by atoms with Gasteiger partial charge >= 0.3 is 0 Å². The first-order valence-corrected chi connectivity index (χ1v) is 9.11. The Labute approximate surface area is 139 Å². The number of hydrogen-bond donors (Lipinski definition) is 2. The van der Waals surface area contributed by atoms with Crippen molar-refractivity contribution in [3.8, 4) is 0 Å². The molecule has 7 nitrogen and oxygen atoms in total. The minimum absolute atomic E-state index is 0.107. The molecule has 0 bridgehead atoms. The molecule has 0 saturated carbocycles. The van der Waals surface area contributed by atoms with E-state index in [4.69, 9.17) is 0 Å². The van der Waals surface area contributed by atoms with Gasteiger partial charge in [0.2, 0.25) is 16.9 Å². The van der Waals surface area contributed by atoms with Crippen LogP contribution in [0.5, 0.6) is 0 Å². The molecule has 0 saturated heterocycles. The molecular formula is C12H15N5O2S3. The van der Waals surface area contributed by atoms with Crippen molar-refractivity contribution in [2.45, 2.75) is 25.1 Å². The molecule has 0 aromatic carbocycles. The van der Waals surface area contributed by atoms with Crippen LogP contribution in [0.3, 0.4) is 0 Å². The molecule has 2 heterocycles. The van der Waals surface area contributed by atoms with Crippen molar-refractivity contribution in [2.75, 3.05) is 16.4 Å². The van der Waals surface area contributed by atoms with Crippen LogP contribution in [0, 0.1) is 12.8 Å². The lowest BCUT2D eigenvalue weighted by atomic mass is 10.2. The Bertz CT molecular complexity index is 667. The van der Waals surface area contributed by atoms with Crippen molar-refractivity contribution in [3.05, 3.63) is 11.1 Å². The van der Waals surface area contributed by atoms with E-state index in [9.17, 15) is 9.59 Å². The molecule has 2 rings (SSSR count). The van der Waals surface area contributed by atoms with Crippen LogP contribution in [-0.2, 0) is 9.59 Å². The normalized spacial score (nSPS) is 10.7. The van der Waals surface area contributed by atoms with Crippen molar-refractivity contribution in [2.24, 2.45) is 5.92 Å². The second-order valence-corrected chi connectivity index (χ2v) is 7.71. The summed E-state index contributed by atoms with van der Waals surface area (Å²) in [6, 6.07) is 0. The highest BCUT2D eigenvalue weighted by Gasteiger charge is 2.13. The molecule has 2 N–H and O–H groups in total. The molecule has 0 unspecified atom stereocenters. The summed E-state index contributed by atoms with van der Waals surface area (Å²) in [5.41, 5.74) is 0.877. The largest absolute Gasteiger partial charge is 0.301 e. The third-order valence-corrected chi connectivity index (χ3v) is 5.20. The van der Waals surface area contributed by atoms with E-state index in [1.54, 1.807) is 13.8 Å². The molecule has 22 heavy (non-hydrogen) atoms. The number of thiazole rings is 1. The molecule has 10 heteroatoms. The molecule has 0 fully saturated rings. The number of carbonyl (C=O) groups excluding carboxylic acids is 2. The van der Waals surface area contributed by atoms with E-state index in [0.29, 0.717) is 14.6 Å². The van der Waals surface area contributed by atoms with Gasteiger partial charge in [0.05, 0.1) is 11.4 Å². The molecule has 0 aliphatic rings. The highest BCUT2D eigenvalue weighted by molar-refractivity contribution is 8.01. The number of hydrogen-bond acceptors (Lipinski definition) is 8. The van der Waals surface area contributed by atoms with Crippen LogP contribution in [0.15, 0.2) is 9.72 Å². The molecule has 2 aromatic heterocycles. The summed E-state index contributed by atoms with van der Waals surface area (Å²) in [5.74, 6) is -0.162. The number of nitrogens with one attached hydrogen (secondary N) is 2. The van der Waals surface area contributed by atoms with Crippen molar-refractivity contribution in [1.29, 1.82) is 0 Å². The van der Waals surface area contributed by atoms with Crippen molar-refractivity contribution < 1.29 is 9.59 Å². The van der Waals surface area contributed by atoms with Crippen molar-refractivity contribution in [1.82, 2.24) is 15.2 Å². The number of amides is 2. The van der Waals surface area contributed by atoms with Crippen LogP contribution in [0.25, 0.3) is 0 Å². The third-order valence-electron chi connectivity index (χ3n) is 2.35. The topological polar surface area (TPSA) is 96.9 Å². The van der Waals surface area contributed by atoms with Crippen LogP contribution in [0.2, 0.25) is 0 Å². The zero-order valence-corrected chi connectivity index (χ0v) is 14.7. The van der Waals surface area contributed by atoms with Crippen LogP contribution in [0.1, 0.15) is 19.5 Å². The number of carbonyl (C=O) groups is 2. The summed E-state index contributed by atoms with van der Waals surface area (Å²) in [6.07, 6.45) is 0. The van der Waals surface area contributed by atoms with Crippen molar-refractivity contribution in [3.63, 3.8) is 0 Å². The predicted octanol–water partition coefficient (Wildman–Crippen LogP) is 2.63. The summed E-state index contributed by atoms with van der Waals surface area (Å²) in [5, 5.41) is 16.1. The number of rotatable bonds is 6. The number of aryl methyl sites for hydroxylation is 1. The average molecular weight is 357 g/mol. The third kappa shape index (κ3) is 5.04. The summed E-state index contributed by atoms with van der Waals surface area (Å²) in [7, 11) is 0. The highest BCUT2D eigenvalue weighted by Crippen LogP contribution is 2.26. The van der Waals surface area contributed by atoms with Crippen LogP contribution >= 0.6 is 34.4 Å². The molecule has 0 aliphatic heterocycles. The standard InChI is InChI=1S/C12H15N5O2S3/c1-6(2)9(19)15-11-16-17-12(22-11)21-5-8(18)14-10-13-7(3)4-20-10/h4,6H,5H2,1-3H3,(H,13,14,18)(H,15,16,19). The van der Waals surface area contributed by atoms with Crippen LogP contribution in [-0.4, -0.2) is 32.7 Å². The van der Waals surface area contributed by atoms with Crippen LogP contribution in [0.4, 0.5) is 10.3 Å². The zero-order chi connectivity index (χ0) is 16.1. The molecule has 118 valence electrons. The molecule has 2 amide bonds. The lowest BCUT2D eigenvalue weighted by Gasteiger charge is -2.02. The summed E-state index contributed by atoms with van der Waals surface area (Å²) in [6.45, 7) is 5.47. The summed E-state index contributed by atoms with van der Waals surface area (Å²) < 4.78 is 0.629. The van der Waals surface area contributed by atoms with E-state index in [1.165, 1.54) is 34.4 Å². The Morgan fingerprint density at radius 1 is 1.27 bits per heavy atom. The SMILES string of the molecule is Cc1csc(NC(=O)CSc2nnc(NC(=O)C(C)C)s2)n1. The fourth-order valence-corrected chi connectivity index (χ4v) is 3.52. The Kier molecular flexibility index (Phi) is 5.86. The maximum absolute atomic E-state index is 11.8. The van der Waals surface area contributed by atoms with E-state index in [2.05, 4.69) is 25.8 Å². The number of anilines is 2. The van der Waals surface area contributed by atoms with Crippen LogP contribution < -0.4 is 10.6 Å². The fourth-order valence-electron chi connectivity index (χ4n) is 1.26. The maximum Gasteiger partial charge on any atom is 0.236 e. The van der Waals surface area contributed by atoms with Gasteiger partial charge in [0.15, 0.2) is 9.47 Å². The van der Waals surface area contributed by atoms with Gasteiger partial charge in [0.1, 0.15) is 0 Å². The monoisotopic (exact) mass is 357 g/mol. The Hall–Kier alpha value is -1.52. The fraction of sp³-hybridized carbons (Fsp3) is 0.417. The smallest absolute Gasteiger partial charge is 0.236 e. The molecule has 0 aliphatic carbocycles. The van der Waals surface area contributed by atoms with E-state index in [-0.39, 0.29) is 23.5 Å². The number of nitrogens with zero attached hydrogens (tertiary/aromatic N) is 3. The van der Waals surface area contributed by atoms with E-state index in [0.717, 1.165) is 5.69 Å². The highest BCUT2D eigenvalue weighted by atomic mass is 32.2. The van der Waals surface area contributed by atoms with Gasteiger partial charge in [0.25, 0.3) is 0 Å².